The largest absolute Gasteiger partial charge is 0.307 e. The van der Waals surface area contributed by atoms with Crippen molar-refractivity contribution in [2.24, 2.45) is 5.92 Å². The summed E-state index contributed by atoms with van der Waals surface area (Å²) in [5, 5.41) is 2.20. The minimum Gasteiger partial charge on any atom is -0.307 e. The van der Waals surface area contributed by atoms with Crippen LogP contribution >= 0.6 is 0 Å². The number of piperidine rings is 3. The van der Waals surface area contributed by atoms with Gasteiger partial charge in [0.05, 0.1) is 5.54 Å². The number of nitrogens with zero attached hydrogens (tertiary/aromatic N) is 2. The first kappa shape index (κ1) is 13.8. The molecule has 23 heavy (non-hydrogen) atoms. The molecule has 0 spiro atoms. The van der Waals surface area contributed by atoms with Crippen molar-refractivity contribution in [3.05, 3.63) is 45.9 Å². The van der Waals surface area contributed by atoms with Gasteiger partial charge in [-0.25, -0.2) is 0 Å². The van der Waals surface area contributed by atoms with Crippen molar-refractivity contribution in [1.29, 1.82) is 0 Å². The van der Waals surface area contributed by atoms with Crippen LogP contribution in [0.3, 0.4) is 0 Å². The molecule has 1 aromatic carbocycles. The van der Waals surface area contributed by atoms with Gasteiger partial charge in [0.15, 0.2) is 0 Å². The molecule has 1 aromatic heterocycles. The van der Waals surface area contributed by atoms with Gasteiger partial charge < -0.3 is 9.47 Å². The van der Waals surface area contributed by atoms with Crippen LogP contribution in [0.4, 0.5) is 0 Å². The van der Waals surface area contributed by atoms with E-state index >= 15 is 0 Å². The quantitative estimate of drug-likeness (QED) is 0.809. The van der Waals surface area contributed by atoms with E-state index in [0.29, 0.717) is 5.92 Å². The van der Waals surface area contributed by atoms with E-state index in [2.05, 4.69) is 34.7 Å². The average molecular weight is 308 g/mol. The molecule has 0 radical (unpaired) electrons. The van der Waals surface area contributed by atoms with E-state index in [4.69, 9.17) is 0 Å². The number of hydrogen-bond acceptors (Lipinski definition) is 2. The molecule has 120 valence electrons. The van der Waals surface area contributed by atoms with E-state index in [-0.39, 0.29) is 11.1 Å². The molecule has 2 bridgehead atoms. The summed E-state index contributed by atoms with van der Waals surface area (Å²) in [7, 11) is 0. The highest BCUT2D eigenvalue weighted by atomic mass is 16.1. The Bertz CT molecular complexity index is 845. The first-order valence-electron chi connectivity index (χ1n) is 9.06. The number of pyridine rings is 1. The van der Waals surface area contributed by atoms with E-state index in [9.17, 15) is 4.79 Å². The second-order valence-corrected chi connectivity index (χ2v) is 7.93. The molecule has 3 nitrogen and oxygen atoms in total. The number of fused-ring (bicyclic) bond motifs is 3. The van der Waals surface area contributed by atoms with E-state index < -0.39 is 0 Å². The lowest BCUT2D eigenvalue weighted by atomic mass is 9.73. The van der Waals surface area contributed by atoms with Crippen LogP contribution < -0.4 is 5.56 Å². The maximum absolute atomic E-state index is 13.3. The Morgan fingerprint density at radius 2 is 1.91 bits per heavy atom. The van der Waals surface area contributed by atoms with Gasteiger partial charge in [0.2, 0.25) is 0 Å². The highest BCUT2D eigenvalue weighted by Crippen LogP contribution is 2.41. The molecule has 3 fully saturated rings. The number of hydrogen-bond donors (Lipinski definition) is 0. The zero-order chi connectivity index (χ0) is 15.6. The van der Waals surface area contributed by atoms with Crippen molar-refractivity contribution in [2.45, 2.75) is 44.6 Å². The number of benzene rings is 1. The fourth-order valence-corrected chi connectivity index (χ4v) is 5.38. The molecule has 0 amide bonds. The van der Waals surface area contributed by atoms with Crippen LogP contribution in [0, 0.1) is 5.92 Å². The van der Waals surface area contributed by atoms with Crippen molar-refractivity contribution in [3.63, 3.8) is 0 Å². The summed E-state index contributed by atoms with van der Waals surface area (Å²) in [4.78, 5) is 15.8. The molecule has 0 N–H and O–H groups in total. The van der Waals surface area contributed by atoms with Gasteiger partial charge in [0.25, 0.3) is 5.56 Å². The van der Waals surface area contributed by atoms with E-state index in [0.717, 1.165) is 24.8 Å². The van der Waals surface area contributed by atoms with Crippen molar-refractivity contribution >= 4 is 10.8 Å². The molecule has 1 aliphatic carbocycles. The summed E-state index contributed by atoms with van der Waals surface area (Å²) in [6.07, 6.45) is 8.11. The van der Waals surface area contributed by atoms with Gasteiger partial charge in [-0.3, -0.25) is 4.79 Å². The minimum atomic E-state index is -0.0360. The number of aromatic nitrogens is 1. The monoisotopic (exact) mass is 308 g/mol. The second kappa shape index (κ2) is 4.70. The fourth-order valence-electron chi connectivity index (χ4n) is 5.38. The molecule has 3 heteroatoms. The molecule has 3 aliphatic heterocycles. The van der Waals surface area contributed by atoms with Gasteiger partial charge in [0.1, 0.15) is 0 Å². The van der Waals surface area contributed by atoms with Gasteiger partial charge in [-0.05, 0) is 80.6 Å². The van der Waals surface area contributed by atoms with Crippen LogP contribution in [0.1, 0.15) is 37.3 Å². The standard InChI is InChI=1S/C20H24N2O/c1-20(13-21-10-8-16(20)9-11-21)22-12-15-6-2-4-14-5-3-7-17(18(14)15)19(22)23/h3,5,7,12,16H,2,4,6,8-11,13H2,1H3/t20-/m1/s1. The van der Waals surface area contributed by atoms with Crippen molar-refractivity contribution in [2.75, 3.05) is 19.6 Å². The van der Waals surface area contributed by atoms with E-state index in [1.165, 1.54) is 48.9 Å². The molecule has 0 saturated carbocycles. The second-order valence-electron chi connectivity index (χ2n) is 7.93. The van der Waals surface area contributed by atoms with Crippen LogP contribution in [-0.2, 0) is 18.4 Å². The maximum Gasteiger partial charge on any atom is 0.259 e. The van der Waals surface area contributed by atoms with Gasteiger partial charge in [-0.15, -0.1) is 0 Å². The van der Waals surface area contributed by atoms with Crippen LogP contribution in [0.5, 0.6) is 0 Å². The number of rotatable bonds is 1. The Labute approximate surface area is 136 Å². The lowest BCUT2D eigenvalue weighted by Gasteiger charge is -2.52. The molecule has 2 aromatic rings. The molecular formula is C20H24N2O. The average Bonchev–Trinajstić information content (AvgIpc) is 2.59. The smallest absolute Gasteiger partial charge is 0.259 e. The Balaban J connectivity index is 1.77. The van der Waals surface area contributed by atoms with Gasteiger partial charge in [-0.2, -0.15) is 0 Å². The topological polar surface area (TPSA) is 25.2 Å². The van der Waals surface area contributed by atoms with E-state index in [1.807, 2.05) is 6.07 Å². The zero-order valence-electron chi connectivity index (χ0n) is 13.8. The summed E-state index contributed by atoms with van der Waals surface area (Å²) in [5.74, 6) is 0.640. The van der Waals surface area contributed by atoms with Crippen molar-refractivity contribution < 1.29 is 0 Å². The van der Waals surface area contributed by atoms with Crippen molar-refractivity contribution in [3.8, 4) is 0 Å². The number of aryl methyl sites for hydroxylation is 2. The predicted octanol–water partition coefficient (Wildman–Crippen LogP) is 2.93. The molecule has 4 heterocycles. The van der Waals surface area contributed by atoms with Crippen LogP contribution in [0.25, 0.3) is 10.8 Å². The minimum absolute atomic E-state index is 0.0360. The third-order valence-corrected chi connectivity index (χ3v) is 6.66. The lowest BCUT2D eigenvalue weighted by molar-refractivity contribution is -0.00952. The molecule has 4 aliphatic rings. The van der Waals surface area contributed by atoms with Crippen LogP contribution in [0.2, 0.25) is 0 Å². The SMILES string of the molecule is C[C@@]1(n2cc3c4c(cccc4c2=O)CCC3)CN2CCC1CC2. The maximum atomic E-state index is 13.3. The fraction of sp³-hybridized carbons (Fsp3) is 0.550. The van der Waals surface area contributed by atoms with Crippen LogP contribution in [0.15, 0.2) is 29.2 Å². The zero-order valence-corrected chi connectivity index (χ0v) is 13.8. The van der Waals surface area contributed by atoms with Crippen molar-refractivity contribution in [1.82, 2.24) is 9.47 Å². The molecule has 3 saturated heterocycles. The third-order valence-electron chi connectivity index (χ3n) is 6.66. The third kappa shape index (κ3) is 1.83. The Morgan fingerprint density at radius 1 is 1.13 bits per heavy atom. The summed E-state index contributed by atoms with van der Waals surface area (Å²) in [5.41, 5.74) is 2.95. The highest BCUT2D eigenvalue weighted by Gasteiger charge is 2.45. The van der Waals surface area contributed by atoms with Gasteiger partial charge in [0, 0.05) is 18.1 Å². The Hall–Kier alpha value is -1.61. The summed E-state index contributed by atoms with van der Waals surface area (Å²) < 4.78 is 2.12. The first-order chi connectivity index (χ1) is 11.2. The molecular weight excluding hydrogens is 284 g/mol. The summed E-state index contributed by atoms with van der Waals surface area (Å²) in [6.45, 7) is 5.76. The Kier molecular flexibility index (Phi) is 2.82. The highest BCUT2D eigenvalue weighted by molar-refractivity contribution is 5.88. The van der Waals surface area contributed by atoms with Crippen LogP contribution in [-0.4, -0.2) is 29.1 Å². The van der Waals surface area contributed by atoms with E-state index in [1.54, 1.807) is 0 Å². The lowest BCUT2D eigenvalue weighted by Crippen LogP contribution is -2.60. The summed E-state index contributed by atoms with van der Waals surface area (Å²) >= 11 is 0. The molecule has 1 atom stereocenters. The predicted molar refractivity (Wildman–Crippen MR) is 93.0 cm³/mol. The Morgan fingerprint density at radius 3 is 2.65 bits per heavy atom. The molecule has 0 unspecified atom stereocenters. The van der Waals surface area contributed by atoms with Gasteiger partial charge >= 0.3 is 0 Å². The summed E-state index contributed by atoms with van der Waals surface area (Å²) in [6, 6.07) is 6.30. The van der Waals surface area contributed by atoms with Gasteiger partial charge in [-0.1, -0.05) is 12.1 Å². The normalized spacial score (nSPS) is 32.4. The molecule has 6 rings (SSSR count). The first-order valence-corrected chi connectivity index (χ1v) is 9.06.